The average molecular weight is 391 g/mol. The average Bonchev–Trinajstić information content (AvgIpc) is 3.17. The van der Waals surface area contributed by atoms with E-state index in [1.807, 2.05) is 30.3 Å². The van der Waals surface area contributed by atoms with E-state index in [0.717, 1.165) is 32.8 Å². The van der Waals surface area contributed by atoms with Gasteiger partial charge in [-0.25, -0.2) is 4.79 Å². The standard InChI is InChI=1S/C17H15BrN2O2S/c1-22-16(21)17(13-6-7-14(18)23-13)15-11(8-9-19-17)10-4-2-3-5-12(10)20-15/h2-7,19-20H,8-9H2,1H3. The van der Waals surface area contributed by atoms with E-state index in [-0.39, 0.29) is 5.97 Å². The highest BCUT2D eigenvalue weighted by Crippen LogP contribution is 2.42. The molecule has 0 radical (unpaired) electrons. The molecule has 1 aliphatic rings. The number of aromatic amines is 1. The van der Waals surface area contributed by atoms with Crippen LogP contribution in [0.5, 0.6) is 0 Å². The van der Waals surface area contributed by atoms with Gasteiger partial charge in [-0.05, 0) is 46.1 Å². The summed E-state index contributed by atoms with van der Waals surface area (Å²) in [5, 5.41) is 4.59. The molecule has 0 spiro atoms. The molecular weight excluding hydrogens is 376 g/mol. The third kappa shape index (κ3) is 2.09. The molecule has 4 rings (SSSR count). The molecule has 118 valence electrons. The molecule has 1 atom stereocenters. The zero-order valence-electron chi connectivity index (χ0n) is 12.5. The second kappa shape index (κ2) is 5.47. The van der Waals surface area contributed by atoms with Gasteiger partial charge in [0.2, 0.25) is 0 Å². The van der Waals surface area contributed by atoms with Crippen LogP contribution in [0.1, 0.15) is 16.1 Å². The molecule has 0 bridgehead atoms. The van der Waals surface area contributed by atoms with Crippen LogP contribution >= 0.6 is 27.3 Å². The van der Waals surface area contributed by atoms with Gasteiger partial charge in [0, 0.05) is 22.3 Å². The smallest absolute Gasteiger partial charge is 0.337 e. The Morgan fingerprint density at radius 2 is 2.13 bits per heavy atom. The molecule has 1 aliphatic heterocycles. The normalized spacial score (nSPS) is 20.4. The highest BCUT2D eigenvalue weighted by Gasteiger charge is 2.49. The van der Waals surface area contributed by atoms with Crippen molar-refractivity contribution in [3.05, 3.63) is 56.3 Å². The molecule has 3 aromatic rings. The predicted octanol–water partition coefficient (Wildman–Crippen LogP) is 3.55. The zero-order valence-corrected chi connectivity index (χ0v) is 14.9. The third-order valence-corrected chi connectivity index (χ3v) is 6.13. The molecule has 0 amide bonds. The van der Waals surface area contributed by atoms with Gasteiger partial charge in [-0.1, -0.05) is 18.2 Å². The van der Waals surface area contributed by atoms with Gasteiger partial charge in [-0.3, -0.25) is 5.32 Å². The Bertz CT molecular complexity index is 901. The lowest BCUT2D eigenvalue weighted by Gasteiger charge is -2.35. The Morgan fingerprint density at radius 1 is 1.30 bits per heavy atom. The Labute approximate surface area is 146 Å². The molecule has 2 N–H and O–H groups in total. The summed E-state index contributed by atoms with van der Waals surface area (Å²) < 4.78 is 6.17. The first kappa shape index (κ1) is 14.9. The lowest BCUT2D eigenvalue weighted by atomic mass is 9.85. The molecule has 4 nitrogen and oxygen atoms in total. The lowest BCUT2D eigenvalue weighted by molar-refractivity contribution is -0.147. The summed E-state index contributed by atoms with van der Waals surface area (Å²) in [5.41, 5.74) is 2.16. The van der Waals surface area contributed by atoms with E-state index in [1.165, 1.54) is 18.1 Å². The van der Waals surface area contributed by atoms with Crippen LogP contribution in [0.3, 0.4) is 0 Å². The van der Waals surface area contributed by atoms with Crippen molar-refractivity contribution < 1.29 is 9.53 Å². The Morgan fingerprint density at radius 3 is 2.87 bits per heavy atom. The van der Waals surface area contributed by atoms with E-state index in [1.54, 1.807) is 11.3 Å². The second-order valence-corrected chi connectivity index (χ2v) is 8.01. The van der Waals surface area contributed by atoms with Crippen LogP contribution in [0.2, 0.25) is 0 Å². The van der Waals surface area contributed by atoms with Crippen molar-refractivity contribution >= 4 is 44.1 Å². The molecule has 0 aliphatic carbocycles. The van der Waals surface area contributed by atoms with Crippen LogP contribution in [0.4, 0.5) is 0 Å². The maximum absolute atomic E-state index is 12.8. The van der Waals surface area contributed by atoms with Gasteiger partial charge in [0.25, 0.3) is 0 Å². The van der Waals surface area contributed by atoms with Gasteiger partial charge in [-0.2, -0.15) is 0 Å². The van der Waals surface area contributed by atoms with Gasteiger partial charge in [0.15, 0.2) is 5.54 Å². The maximum atomic E-state index is 12.8. The van der Waals surface area contributed by atoms with Gasteiger partial charge >= 0.3 is 5.97 Å². The van der Waals surface area contributed by atoms with Crippen LogP contribution in [0, 0.1) is 0 Å². The first-order valence-electron chi connectivity index (χ1n) is 7.36. The van der Waals surface area contributed by atoms with Crippen LogP contribution in [0.15, 0.2) is 40.2 Å². The number of H-pyrrole nitrogens is 1. The first-order chi connectivity index (χ1) is 11.2. The molecule has 0 fully saturated rings. The number of thiophene rings is 1. The van der Waals surface area contributed by atoms with Crippen LogP contribution in [-0.4, -0.2) is 24.6 Å². The van der Waals surface area contributed by atoms with Crippen LogP contribution < -0.4 is 5.32 Å². The number of hydrogen-bond donors (Lipinski definition) is 2. The number of fused-ring (bicyclic) bond motifs is 3. The Balaban J connectivity index is 2.04. The fourth-order valence-electron chi connectivity index (χ4n) is 3.40. The van der Waals surface area contributed by atoms with Crippen molar-refractivity contribution in [1.29, 1.82) is 0 Å². The summed E-state index contributed by atoms with van der Waals surface area (Å²) in [6.45, 7) is 0.722. The lowest BCUT2D eigenvalue weighted by Crippen LogP contribution is -2.54. The molecule has 23 heavy (non-hydrogen) atoms. The molecule has 3 heterocycles. The molecule has 1 aromatic carbocycles. The number of para-hydroxylation sites is 1. The van der Waals surface area contributed by atoms with Crippen molar-refractivity contribution in [2.45, 2.75) is 12.0 Å². The van der Waals surface area contributed by atoms with E-state index < -0.39 is 5.54 Å². The predicted molar refractivity (Wildman–Crippen MR) is 94.8 cm³/mol. The number of methoxy groups -OCH3 is 1. The maximum Gasteiger partial charge on any atom is 0.337 e. The largest absolute Gasteiger partial charge is 0.467 e. The summed E-state index contributed by atoms with van der Waals surface area (Å²) in [4.78, 5) is 17.2. The van der Waals surface area contributed by atoms with Crippen molar-refractivity contribution in [1.82, 2.24) is 10.3 Å². The van der Waals surface area contributed by atoms with E-state index in [9.17, 15) is 4.79 Å². The van der Waals surface area contributed by atoms with Crippen LogP contribution in [-0.2, 0) is 21.5 Å². The molecule has 0 saturated carbocycles. The minimum Gasteiger partial charge on any atom is -0.467 e. The first-order valence-corrected chi connectivity index (χ1v) is 8.97. The number of carbonyl (C=O) groups is 1. The molecule has 6 heteroatoms. The van der Waals surface area contributed by atoms with Gasteiger partial charge in [0.1, 0.15) is 0 Å². The van der Waals surface area contributed by atoms with Crippen molar-refractivity contribution in [3.8, 4) is 0 Å². The molecule has 1 unspecified atom stereocenters. The Kier molecular flexibility index (Phi) is 3.55. The number of halogens is 1. The zero-order chi connectivity index (χ0) is 16.0. The SMILES string of the molecule is COC(=O)C1(c2ccc(Br)s2)NCCc2c1[nH]c1ccccc21. The topological polar surface area (TPSA) is 54.1 Å². The fraction of sp³-hybridized carbons (Fsp3) is 0.235. The minimum atomic E-state index is -0.974. The van der Waals surface area contributed by atoms with Gasteiger partial charge in [0.05, 0.1) is 16.6 Å². The molecule has 2 aromatic heterocycles. The number of ether oxygens (including phenoxy) is 1. The molecular formula is C17H15BrN2O2S. The monoisotopic (exact) mass is 390 g/mol. The van der Waals surface area contributed by atoms with E-state index in [0.29, 0.717) is 0 Å². The number of rotatable bonds is 2. The summed E-state index contributed by atoms with van der Waals surface area (Å²) in [6, 6.07) is 12.1. The second-order valence-electron chi connectivity index (χ2n) is 5.55. The number of aromatic nitrogens is 1. The van der Waals surface area contributed by atoms with E-state index in [2.05, 4.69) is 32.3 Å². The number of esters is 1. The summed E-state index contributed by atoms with van der Waals surface area (Å²) in [5.74, 6) is -0.292. The van der Waals surface area contributed by atoms with E-state index in [4.69, 9.17) is 4.74 Å². The summed E-state index contributed by atoms with van der Waals surface area (Å²) in [7, 11) is 1.44. The van der Waals surface area contributed by atoms with E-state index >= 15 is 0 Å². The highest BCUT2D eigenvalue weighted by molar-refractivity contribution is 9.11. The van der Waals surface area contributed by atoms with Crippen LogP contribution in [0.25, 0.3) is 10.9 Å². The summed E-state index contributed by atoms with van der Waals surface area (Å²) >= 11 is 5.04. The quantitative estimate of drug-likeness (QED) is 0.657. The summed E-state index contributed by atoms with van der Waals surface area (Å²) in [6.07, 6.45) is 0.880. The number of carbonyl (C=O) groups excluding carboxylic acids is 1. The third-order valence-electron chi connectivity index (χ3n) is 4.39. The highest BCUT2D eigenvalue weighted by atomic mass is 79.9. The number of nitrogens with one attached hydrogen (secondary N) is 2. The van der Waals surface area contributed by atoms with Crippen molar-refractivity contribution in [2.75, 3.05) is 13.7 Å². The van der Waals surface area contributed by atoms with Gasteiger partial charge in [-0.15, -0.1) is 11.3 Å². The van der Waals surface area contributed by atoms with Crippen molar-refractivity contribution in [2.24, 2.45) is 0 Å². The fourth-order valence-corrected chi connectivity index (χ4v) is 4.95. The minimum absolute atomic E-state index is 0.292. The Hall–Kier alpha value is -1.63. The van der Waals surface area contributed by atoms with Crippen molar-refractivity contribution in [3.63, 3.8) is 0 Å². The number of benzene rings is 1. The number of hydrogen-bond acceptors (Lipinski definition) is 4. The molecule has 0 saturated heterocycles. The van der Waals surface area contributed by atoms with Gasteiger partial charge < -0.3 is 9.72 Å².